The molecule has 0 saturated heterocycles. The monoisotopic (exact) mass is 181 g/mol. The Balaban J connectivity index is 3.34. The maximum atomic E-state index is 10.2. The number of nitrogens with one attached hydrogen (secondary N) is 1. The molecule has 0 aliphatic heterocycles. The molecule has 0 rings (SSSR count). The van der Waals surface area contributed by atoms with E-state index in [1.807, 2.05) is 0 Å². The Kier molecular flexibility index (Phi) is 5.93. The molecule has 0 spiro atoms. The van der Waals surface area contributed by atoms with Gasteiger partial charge in [0.1, 0.15) is 0 Å². The molecule has 4 heteroatoms. The van der Waals surface area contributed by atoms with Crippen molar-refractivity contribution < 1.29 is 4.79 Å². The third kappa shape index (κ3) is 4.94. The standard InChI is InChI=1S/C6H12ClNOS/c1-3-5(4-2)10-8-6(7)9/h5H,3-4H2,1-2H3,(H,8,9). The minimum Gasteiger partial charge on any atom is -0.286 e. The summed E-state index contributed by atoms with van der Waals surface area (Å²) in [7, 11) is 0. The van der Waals surface area contributed by atoms with Gasteiger partial charge in [-0.3, -0.25) is 9.52 Å². The van der Waals surface area contributed by atoms with Crippen LogP contribution < -0.4 is 4.72 Å². The van der Waals surface area contributed by atoms with Crippen molar-refractivity contribution in [2.75, 3.05) is 0 Å². The van der Waals surface area contributed by atoms with E-state index in [1.165, 1.54) is 11.9 Å². The fourth-order valence-corrected chi connectivity index (χ4v) is 1.31. The predicted octanol–water partition coefficient (Wildman–Crippen LogP) is 2.77. The average molecular weight is 182 g/mol. The van der Waals surface area contributed by atoms with E-state index < -0.39 is 5.37 Å². The molecular formula is C6H12ClNOS. The summed E-state index contributed by atoms with van der Waals surface area (Å²) >= 11 is 6.46. The molecule has 0 aromatic rings. The molecule has 0 saturated carbocycles. The van der Waals surface area contributed by atoms with Crippen LogP contribution in [0.5, 0.6) is 0 Å². The summed E-state index contributed by atoms with van der Waals surface area (Å²) in [6.07, 6.45) is 2.11. The fourth-order valence-electron chi connectivity index (χ4n) is 0.585. The number of carbonyl (C=O) groups excluding carboxylic acids is 1. The summed E-state index contributed by atoms with van der Waals surface area (Å²) in [4.78, 5) is 10.2. The zero-order chi connectivity index (χ0) is 7.98. The summed E-state index contributed by atoms with van der Waals surface area (Å²) < 4.78 is 2.49. The van der Waals surface area contributed by atoms with Crippen LogP contribution in [0.25, 0.3) is 0 Å². The minimum atomic E-state index is -0.489. The molecule has 60 valence electrons. The summed E-state index contributed by atoms with van der Waals surface area (Å²) in [6.45, 7) is 4.17. The second kappa shape index (κ2) is 5.86. The highest BCUT2D eigenvalue weighted by atomic mass is 35.5. The first kappa shape index (κ1) is 10.1. The predicted molar refractivity (Wildman–Crippen MR) is 46.3 cm³/mol. The van der Waals surface area contributed by atoms with Gasteiger partial charge in [0.2, 0.25) is 0 Å². The Labute approximate surface area is 70.8 Å². The molecule has 0 aliphatic carbocycles. The molecule has 0 bridgehead atoms. The highest BCUT2D eigenvalue weighted by Crippen LogP contribution is 2.14. The van der Waals surface area contributed by atoms with Gasteiger partial charge in [-0.1, -0.05) is 13.8 Å². The van der Waals surface area contributed by atoms with Gasteiger partial charge in [-0.15, -0.1) is 0 Å². The van der Waals surface area contributed by atoms with Crippen molar-refractivity contribution >= 4 is 28.9 Å². The highest BCUT2D eigenvalue weighted by molar-refractivity contribution is 7.98. The molecule has 0 unspecified atom stereocenters. The van der Waals surface area contributed by atoms with Crippen molar-refractivity contribution in [2.45, 2.75) is 31.9 Å². The molecular weight excluding hydrogens is 170 g/mol. The van der Waals surface area contributed by atoms with E-state index in [9.17, 15) is 4.79 Å². The van der Waals surface area contributed by atoms with Crippen LogP contribution in [-0.4, -0.2) is 10.6 Å². The third-order valence-electron chi connectivity index (χ3n) is 1.22. The Hall–Kier alpha value is 0.110. The van der Waals surface area contributed by atoms with Crippen LogP contribution in [0, 0.1) is 0 Å². The lowest BCUT2D eigenvalue weighted by molar-refractivity contribution is 0.264. The van der Waals surface area contributed by atoms with Gasteiger partial charge in [0.15, 0.2) is 0 Å². The number of carbonyl (C=O) groups is 1. The molecule has 0 radical (unpaired) electrons. The lowest BCUT2D eigenvalue weighted by atomic mass is 10.3. The van der Waals surface area contributed by atoms with Crippen molar-refractivity contribution in [3.8, 4) is 0 Å². The second-order valence-electron chi connectivity index (χ2n) is 1.93. The molecule has 1 N–H and O–H groups in total. The zero-order valence-corrected chi connectivity index (χ0v) is 7.76. The first-order valence-corrected chi connectivity index (χ1v) is 4.57. The largest absolute Gasteiger partial charge is 0.323 e. The summed E-state index contributed by atoms with van der Waals surface area (Å²) in [5.41, 5.74) is 0. The topological polar surface area (TPSA) is 29.1 Å². The first-order valence-electron chi connectivity index (χ1n) is 3.31. The molecule has 2 nitrogen and oxygen atoms in total. The van der Waals surface area contributed by atoms with Crippen LogP contribution in [-0.2, 0) is 0 Å². The van der Waals surface area contributed by atoms with Crippen LogP contribution in [0.2, 0.25) is 0 Å². The van der Waals surface area contributed by atoms with E-state index in [4.69, 9.17) is 11.6 Å². The van der Waals surface area contributed by atoms with Crippen LogP contribution in [0.1, 0.15) is 26.7 Å². The molecule has 1 amide bonds. The SMILES string of the molecule is CCC(CC)SNC(=O)Cl. The highest BCUT2D eigenvalue weighted by Gasteiger charge is 2.04. The van der Waals surface area contributed by atoms with Gasteiger partial charge in [0, 0.05) is 5.25 Å². The zero-order valence-electron chi connectivity index (χ0n) is 6.19. The molecule has 0 aromatic heterocycles. The van der Waals surface area contributed by atoms with E-state index in [0.29, 0.717) is 5.25 Å². The molecule has 10 heavy (non-hydrogen) atoms. The lowest BCUT2D eigenvalue weighted by Crippen LogP contribution is -2.12. The van der Waals surface area contributed by atoms with Gasteiger partial charge in [0.05, 0.1) is 0 Å². The van der Waals surface area contributed by atoms with Gasteiger partial charge in [-0.25, -0.2) is 0 Å². The third-order valence-corrected chi connectivity index (χ3v) is 2.73. The van der Waals surface area contributed by atoms with E-state index in [0.717, 1.165) is 12.8 Å². The Morgan fingerprint density at radius 1 is 1.60 bits per heavy atom. The summed E-state index contributed by atoms with van der Waals surface area (Å²) in [5.74, 6) is 0. The fraction of sp³-hybridized carbons (Fsp3) is 0.833. The Morgan fingerprint density at radius 2 is 2.10 bits per heavy atom. The first-order chi connectivity index (χ1) is 4.70. The van der Waals surface area contributed by atoms with Gasteiger partial charge in [0.25, 0.3) is 0 Å². The van der Waals surface area contributed by atoms with E-state index in [1.54, 1.807) is 0 Å². The number of hydrogen-bond donors (Lipinski definition) is 1. The van der Waals surface area contributed by atoms with Crippen molar-refractivity contribution in [3.05, 3.63) is 0 Å². The molecule has 0 aromatic carbocycles. The number of halogens is 1. The Morgan fingerprint density at radius 3 is 2.40 bits per heavy atom. The normalized spacial score (nSPS) is 10.0. The van der Waals surface area contributed by atoms with Crippen molar-refractivity contribution in [2.24, 2.45) is 0 Å². The van der Waals surface area contributed by atoms with Crippen LogP contribution in [0.15, 0.2) is 0 Å². The molecule has 0 atom stereocenters. The van der Waals surface area contributed by atoms with Crippen molar-refractivity contribution in [1.29, 1.82) is 0 Å². The van der Waals surface area contributed by atoms with Gasteiger partial charge in [-0.2, -0.15) is 0 Å². The number of amides is 1. The molecule has 0 heterocycles. The van der Waals surface area contributed by atoms with Gasteiger partial charge in [-0.05, 0) is 36.4 Å². The van der Waals surface area contributed by atoms with Crippen molar-refractivity contribution in [1.82, 2.24) is 4.72 Å². The lowest BCUT2D eigenvalue weighted by Gasteiger charge is -2.09. The van der Waals surface area contributed by atoms with Gasteiger partial charge >= 0.3 is 5.37 Å². The average Bonchev–Trinajstić information content (AvgIpc) is 1.90. The minimum absolute atomic E-state index is 0.489. The number of rotatable bonds is 4. The quantitative estimate of drug-likeness (QED) is 0.411. The summed E-state index contributed by atoms with van der Waals surface area (Å²) in [6, 6.07) is 0. The smallest absolute Gasteiger partial charge is 0.286 e. The second-order valence-corrected chi connectivity index (χ2v) is 3.38. The molecule has 0 aliphatic rings. The van der Waals surface area contributed by atoms with E-state index >= 15 is 0 Å². The molecule has 0 fully saturated rings. The maximum absolute atomic E-state index is 10.2. The van der Waals surface area contributed by atoms with E-state index in [-0.39, 0.29) is 0 Å². The van der Waals surface area contributed by atoms with Gasteiger partial charge < -0.3 is 0 Å². The van der Waals surface area contributed by atoms with Crippen LogP contribution >= 0.6 is 23.5 Å². The van der Waals surface area contributed by atoms with Crippen LogP contribution in [0.4, 0.5) is 4.79 Å². The maximum Gasteiger partial charge on any atom is 0.323 e. The Bertz CT molecular complexity index is 106. The van der Waals surface area contributed by atoms with E-state index in [2.05, 4.69) is 18.6 Å². The van der Waals surface area contributed by atoms with Crippen LogP contribution in [0.3, 0.4) is 0 Å². The number of hydrogen-bond acceptors (Lipinski definition) is 2. The summed E-state index contributed by atoms with van der Waals surface area (Å²) in [5, 5.41) is -0.000370. The van der Waals surface area contributed by atoms with Crippen molar-refractivity contribution in [3.63, 3.8) is 0 Å².